The van der Waals surface area contributed by atoms with E-state index in [2.05, 4.69) is 0 Å². The molecule has 1 aromatic carbocycles. The van der Waals surface area contributed by atoms with Crippen molar-refractivity contribution < 1.29 is 9.13 Å². The van der Waals surface area contributed by atoms with E-state index in [4.69, 9.17) is 10.5 Å². The van der Waals surface area contributed by atoms with Crippen LogP contribution in [0.1, 0.15) is 31.2 Å². The van der Waals surface area contributed by atoms with Crippen molar-refractivity contribution >= 4 is 0 Å². The van der Waals surface area contributed by atoms with Gasteiger partial charge in [-0.1, -0.05) is 25.0 Å². The van der Waals surface area contributed by atoms with Crippen LogP contribution < -0.4 is 10.5 Å². The summed E-state index contributed by atoms with van der Waals surface area (Å²) in [7, 11) is 1.50. The van der Waals surface area contributed by atoms with E-state index in [1.165, 1.54) is 20.0 Å². The second-order valence-corrected chi connectivity index (χ2v) is 5.02. The van der Waals surface area contributed by atoms with Crippen molar-refractivity contribution in [3.05, 3.63) is 29.6 Å². The normalized spacial score (nSPS) is 18.3. The Labute approximate surface area is 102 Å². The number of hydrogen-bond donors (Lipinski definition) is 1. The monoisotopic (exact) mass is 237 g/mol. The zero-order valence-corrected chi connectivity index (χ0v) is 10.3. The van der Waals surface area contributed by atoms with E-state index in [1.54, 1.807) is 6.07 Å². The molecule has 0 unspecified atom stereocenters. The Hall–Kier alpha value is -1.09. The molecule has 1 aliphatic carbocycles. The van der Waals surface area contributed by atoms with Gasteiger partial charge in [-0.2, -0.15) is 0 Å². The van der Waals surface area contributed by atoms with Gasteiger partial charge in [0.25, 0.3) is 0 Å². The third kappa shape index (κ3) is 2.44. The molecule has 1 aliphatic rings. The van der Waals surface area contributed by atoms with Crippen molar-refractivity contribution in [1.82, 2.24) is 0 Å². The van der Waals surface area contributed by atoms with Crippen LogP contribution in [0.2, 0.25) is 0 Å². The van der Waals surface area contributed by atoms with E-state index in [0.717, 1.165) is 24.8 Å². The SMILES string of the molecule is COc1cccc(CC2(CN)CCCC2)c1F. The summed E-state index contributed by atoms with van der Waals surface area (Å²) in [6.07, 6.45) is 5.37. The maximum atomic E-state index is 14.1. The minimum Gasteiger partial charge on any atom is -0.494 e. The molecule has 0 amide bonds. The summed E-state index contributed by atoms with van der Waals surface area (Å²) < 4.78 is 19.1. The zero-order valence-electron chi connectivity index (χ0n) is 10.3. The number of methoxy groups -OCH3 is 1. The number of benzene rings is 1. The number of nitrogens with two attached hydrogens (primary N) is 1. The average Bonchev–Trinajstić information content (AvgIpc) is 2.81. The molecule has 1 aromatic rings. The van der Waals surface area contributed by atoms with Crippen LogP contribution in [-0.2, 0) is 6.42 Å². The lowest BCUT2D eigenvalue weighted by Crippen LogP contribution is -2.30. The highest BCUT2D eigenvalue weighted by atomic mass is 19.1. The molecule has 94 valence electrons. The van der Waals surface area contributed by atoms with Gasteiger partial charge >= 0.3 is 0 Å². The molecule has 0 aromatic heterocycles. The van der Waals surface area contributed by atoms with Gasteiger partial charge in [-0.05, 0) is 42.9 Å². The topological polar surface area (TPSA) is 35.2 Å². The first-order valence-electron chi connectivity index (χ1n) is 6.22. The molecule has 0 spiro atoms. The van der Waals surface area contributed by atoms with E-state index in [0.29, 0.717) is 12.3 Å². The van der Waals surface area contributed by atoms with Gasteiger partial charge in [0.05, 0.1) is 7.11 Å². The smallest absolute Gasteiger partial charge is 0.168 e. The van der Waals surface area contributed by atoms with Crippen molar-refractivity contribution in [3.63, 3.8) is 0 Å². The first-order valence-corrected chi connectivity index (χ1v) is 6.22. The first-order chi connectivity index (χ1) is 8.21. The molecule has 0 saturated heterocycles. The van der Waals surface area contributed by atoms with Gasteiger partial charge in [-0.3, -0.25) is 0 Å². The summed E-state index contributed by atoms with van der Waals surface area (Å²) in [5.74, 6) is 0.0994. The average molecular weight is 237 g/mol. The summed E-state index contributed by atoms with van der Waals surface area (Å²) in [6.45, 7) is 0.643. The van der Waals surface area contributed by atoms with Gasteiger partial charge in [-0.25, -0.2) is 4.39 Å². The van der Waals surface area contributed by atoms with Crippen LogP contribution in [-0.4, -0.2) is 13.7 Å². The van der Waals surface area contributed by atoms with Crippen LogP contribution in [0.3, 0.4) is 0 Å². The second kappa shape index (κ2) is 5.05. The molecule has 2 rings (SSSR count). The Balaban J connectivity index is 2.23. The molecule has 2 N–H and O–H groups in total. The van der Waals surface area contributed by atoms with Crippen LogP contribution in [0.15, 0.2) is 18.2 Å². The summed E-state index contributed by atoms with van der Waals surface area (Å²) in [5, 5.41) is 0. The summed E-state index contributed by atoms with van der Waals surface area (Å²) in [6, 6.07) is 5.34. The molecule has 0 atom stereocenters. The minimum absolute atomic E-state index is 0.104. The van der Waals surface area contributed by atoms with Gasteiger partial charge in [0, 0.05) is 0 Å². The van der Waals surface area contributed by atoms with Crippen LogP contribution in [0.25, 0.3) is 0 Å². The lowest BCUT2D eigenvalue weighted by atomic mass is 9.80. The van der Waals surface area contributed by atoms with E-state index >= 15 is 0 Å². The van der Waals surface area contributed by atoms with Crippen molar-refractivity contribution in [2.75, 3.05) is 13.7 Å². The standard InChI is InChI=1S/C14H20FNO/c1-17-12-6-4-5-11(13(12)15)9-14(10-16)7-2-3-8-14/h4-6H,2-3,7-10,16H2,1H3. The summed E-state index contributed by atoms with van der Waals surface area (Å²) >= 11 is 0. The number of hydrogen-bond acceptors (Lipinski definition) is 2. The molecule has 3 heteroatoms. The highest BCUT2D eigenvalue weighted by Crippen LogP contribution is 2.41. The van der Waals surface area contributed by atoms with Crippen molar-refractivity contribution in [1.29, 1.82) is 0 Å². The van der Waals surface area contributed by atoms with Crippen LogP contribution in [0.4, 0.5) is 4.39 Å². The zero-order chi connectivity index (χ0) is 12.3. The number of halogens is 1. The van der Waals surface area contributed by atoms with E-state index in [9.17, 15) is 4.39 Å². The van der Waals surface area contributed by atoms with Crippen LogP contribution >= 0.6 is 0 Å². The molecule has 1 fully saturated rings. The fourth-order valence-corrected chi connectivity index (χ4v) is 2.83. The first kappa shape index (κ1) is 12.4. The Morgan fingerprint density at radius 2 is 2.06 bits per heavy atom. The van der Waals surface area contributed by atoms with Crippen LogP contribution in [0.5, 0.6) is 5.75 Å². The molecule has 0 heterocycles. The molecular weight excluding hydrogens is 217 g/mol. The fraction of sp³-hybridized carbons (Fsp3) is 0.571. The molecule has 17 heavy (non-hydrogen) atoms. The number of ether oxygens (including phenoxy) is 1. The largest absolute Gasteiger partial charge is 0.494 e. The summed E-state index contributed by atoms with van der Waals surface area (Å²) in [5.41, 5.74) is 6.72. The lowest BCUT2D eigenvalue weighted by Gasteiger charge is -2.27. The van der Waals surface area contributed by atoms with Gasteiger partial charge in [-0.15, -0.1) is 0 Å². The van der Waals surface area contributed by atoms with Crippen LogP contribution in [0, 0.1) is 11.2 Å². The maximum absolute atomic E-state index is 14.1. The highest BCUT2D eigenvalue weighted by Gasteiger charge is 2.33. The fourth-order valence-electron chi connectivity index (χ4n) is 2.83. The predicted molar refractivity (Wildman–Crippen MR) is 66.6 cm³/mol. The van der Waals surface area contributed by atoms with Gasteiger partial charge in [0.1, 0.15) is 0 Å². The molecule has 1 saturated carbocycles. The Morgan fingerprint density at radius 3 is 2.65 bits per heavy atom. The molecule has 0 aliphatic heterocycles. The Kier molecular flexibility index (Phi) is 3.67. The quantitative estimate of drug-likeness (QED) is 0.874. The Morgan fingerprint density at radius 1 is 1.35 bits per heavy atom. The predicted octanol–water partition coefficient (Wildman–Crippen LogP) is 2.90. The number of rotatable bonds is 4. The molecule has 0 bridgehead atoms. The summed E-state index contributed by atoms with van der Waals surface area (Å²) in [4.78, 5) is 0. The third-order valence-electron chi connectivity index (χ3n) is 3.93. The van der Waals surface area contributed by atoms with Gasteiger partial charge in [0.2, 0.25) is 0 Å². The molecule has 2 nitrogen and oxygen atoms in total. The van der Waals surface area contributed by atoms with Gasteiger partial charge in [0.15, 0.2) is 11.6 Å². The second-order valence-electron chi connectivity index (χ2n) is 5.02. The van der Waals surface area contributed by atoms with Crippen molar-refractivity contribution in [2.45, 2.75) is 32.1 Å². The van der Waals surface area contributed by atoms with Crippen molar-refractivity contribution in [2.24, 2.45) is 11.1 Å². The molecular formula is C14H20FNO. The maximum Gasteiger partial charge on any atom is 0.168 e. The lowest BCUT2D eigenvalue weighted by molar-refractivity contribution is 0.299. The van der Waals surface area contributed by atoms with E-state index in [-0.39, 0.29) is 11.2 Å². The Bertz CT molecular complexity index is 386. The van der Waals surface area contributed by atoms with E-state index < -0.39 is 0 Å². The van der Waals surface area contributed by atoms with E-state index in [1.807, 2.05) is 12.1 Å². The molecule has 0 radical (unpaired) electrons. The third-order valence-corrected chi connectivity index (χ3v) is 3.93. The van der Waals surface area contributed by atoms with Crippen molar-refractivity contribution in [3.8, 4) is 5.75 Å². The minimum atomic E-state index is -0.227. The van der Waals surface area contributed by atoms with Gasteiger partial charge < -0.3 is 10.5 Å². The highest BCUT2D eigenvalue weighted by molar-refractivity contribution is 5.32.